The van der Waals surface area contributed by atoms with Gasteiger partial charge < -0.3 is 9.32 Å². The number of piperazine rings is 1. The third-order valence-electron chi connectivity index (χ3n) is 5.37. The Kier molecular flexibility index (Phi) is 6.89. The number of alkyl halides is 3. The van der Waals surface area contributed by atoms with Gasteiger partial charge in [0.05, 0.1) is 10.5 Å². The van der Waals surface area contributed by atoms with Crippen molar-refractivity contribution < 1.29 is 26.0 Å². The molecule has 1 aliphatic rings. The van der Waals surface area contributed by atoms with Crippen LogP contribution in [0.4, 0.5) is 19.1 Å². The number of halogens is 4. The predicted molar refractivity (Wildman–Crippen MR) is 124 cm³/mol. The molecule has 0 atom stereocenters. The van der Waals surface area contributed by atoms with Crippen molar-refractivity contribution in [1.29, 1.82) is 5.26 Å². The van der Waals surface area contributed by atoms with Crippen molar-refractivity contribution in [3.63, 3.8) is 0 Å². The number of nitrogens with zero attached hydrogens (tertiary/aromatic N) is 4. The number of rotatable bonds is 5. The molecule has 1 aliphatic heterocycles. The molecule has 2 aromatic carbocycles. The van der Waals surface area contributed by atoms with Crippen LogP contribution in [0.2, 0.25) is 5.02 Å². The molecule has 12 heteroatoms. The zero-order valence-electron chi connectivity index (χ0n) is 18.0. The number of sulfonamides is 1. The van der Waals surface area contributed by atoms with Crippen LogP contribution in [0.3, 0.4) is 0 Å². The second kappa shape index (κ2) is 9.73. The first-order valence-electron chi connectivity index (χ1n) is 10.4. The van der Waals surface area contributed by atoms with Crippen LogP contribution in [0.25, 0.3) is 12.2 Å². The molecule has 4 rings (SSSR count). The lowest BCUT2D eigenvalue weighted by Gasteiger charge is -2.33. The maximum Gasteiger partial charge on any atom is 0.416 e. The Labute approximate surface area is 204 Å². The van der Waals surface area contributed by atoms with Crippen molar-refractivity contribution >= 4 is 39.7 Å². The van der Waals surface area contributed by atoms with Gasteiger partial charge in [-0.2, -0.15) is 27.7 Å². The number of anilines is 1. The fourth-order valence-electron chi connectivity index (χ4n) is 3.57. The van der Waals surface area contributed by atoms with Crippen LogP contribution in [0.1, 0.15) is 22.7 Å². The van der Waals surface area contributed by atoms with Gasteiger partial charge >= 0.3 is 6.18 Å². The topological polar surface area (TPSA) is 90.4 Å². The molecule has 0 radical (unpaired) electrons. The van der Waals surface area contributed by atoms with Crippen LogP contribution in [-0.4, -0.2) is 43.9 Å². The summed E-state index contributed by atoms with van der Waals surface area (Å²) in [6.45, 7) is 0.315. The Bertz CT molecular complexity index is 1410. The minimum absolute atomic E-state index is 0.00502. The quantitative estimate of drug-likeness (QED) is 0.473. The summed E-state index contributed by atoms with van der Waals surface area (Å²) in [5, 5.41) is 10.0. The van der Waals surface area contributed by atoms with Gasteiger partial charge in [-0.05, 0) is 35.9 Å². The van der Waals surface area contributed by atoms with Gasteiger partial charge in [-0.1, -0.05) is 35.9 Å². The third kappa shape index (κ3) is 5.35. The van der Waals surface area contributed by atoms with Crippen molar-refractivity contribution in [3.8, 4) is 6.07 Å². The Morgan fingerprint density at radius 3 is 2.43 bits per heavy atom. The maximum absolute atomic E-state index is 13.0. The van der Waals surface area contributed by atoms with Crippen molar-refractivity contribution in [2.75, 3.05) is 31.1 Å². The van der Waals surface area contributed by atoms with Crippen LogP contribution in [0.15, 0.2) is 57.8 Å². The normalized spacial score (nSPS) is 15.5. The zero-order valence-corrected chi connectivity index (χ0v) is 19.6. The van der Waals surface area contributed by atoms with E-state index >= 15 is 0 Å². The highest BCUT2D eigenvalue weighted by molar-refractivity contribution is 7.89. The molecule has 7 nitrogen and oxygen atoms in total. The van der Waals surface area contributed by atoms with E-state index in [-0.39, 0.29) is 43.6 Å². The number of oxazole rings is 1. The smallest absolute Gasteiger partial charge is 0.416 e. The number of nitriles is 1. The van der Waals surface area contributed by atoms with Gasteiger partial charge in [0.15, 0.2) is 0 Å². The monoisotopic (exact) mass is 522 g/mol. The van der Waals surface area contributed by atoms with Crippen molar-refractivity contribution in [2.24, 2.45) is 0 Å². The highest BCUT2D eigenvalue weighted by Crippen LogP contribution is 2.32. The molecule has 0 unspecified atom stereocenters. The molecule has 0 amide bonds. The molecule has 0 aliphatic carbocycles. The molecule has 182 valence electrons. The lowest BCUT2D eigenvalue weighted by atomic mass is 10.2. The van der Waals surface area contributed by atoms with Crippen molar-refractivity contribution in [1.82, 2.24) is 9.29 Å². The van der Waals surface area contributed by atoms with E-state index in [0.29, 0.717) is 11.1 Å². The fraction of sp³-hybridized carbons (Fsp3) is 0.217. The highest BCUT2D eigenvalue weighted by Gasteiger charge is 2.34. The SMILES string of the molecule is N#Cc1nc(C=Cc2ccccc2Cl)oc1N1CCN(S(=O)(=O)c2cccc(C(F)(F)F)c2)CC1. The molecule has 0 N–H and O–H groups in total. The van der Waals surface area contributed by atoms with E-state index in [9.17, 15) is 26.9 Å². The third-order valence-corrected chi connectivity index (χ3v) is 7.61. The van der Waals surface area contributed by atoms with Crippen LogP contribution in [0.5, 0.6) is 0 Å². The van der Waals surface area contributed by atoms with E-state index in [2.05, 4.69) is 4.98 Å². The van der Waals surface area contributed by atoms with E-state index in [4.69, 9.17) is 16.0 Å². The largest absolute Gasteiger partial charge is 0.420 e. The average Bonchev–Trinajstić information content (AvgIpc) is 3.26. The van der Waals surface area contributed by atoms with Crippen molar-refractivity contribution in [2.45, 2.75) is 11.1 Å². The summed E-state index contributed by atoms with van der Waals surface area (Å²) < 4.78 is 71.7. The Balaban J connectivity index is 1.49. The molecule has 1 fully saturated rings. The maximum atomic E-state index is 13.0. The van der Waals surface area contributed by atoms with Gasteiger partial charge in [0, 0.05) is 37.3 Å². The number of hydrogen-bond donors (Lipinski definition) is 0. The average molecular weight is 523 g/mol. The molecule has 2 heterocycles. The van der Waals surface area contributed by atoms with Gasteiger partial charge in [0.1, 0.15) is 6.07 Å². The second-order valence-electron chi connectivity index (χ2n) is 7.59. The summed E-state index contributed by atoms with van der Waals surface area (Å²) in [6, 6.07) is 12.8. The summed E-state index contributed by atoms with van der Waals surface area (Å²) >= 11 is 6.13. The van der Waals surface area contributed by atoms with E-state index in [0.717, 1.165) is 28.1 Å². The van der Waals surface area contributed by atoms with E-state index in [1.54, 1.807) is 35.3 Å². The van der Waals surface area contributed by atoms with Crippen LogP contribution < -0.4 is 4.90 Å². The van der Waals surface area contributed by atoms with E-state index < -0.39 is 26.7 Å². The van der Waals surface area contributed by atoms with Crippen LogP contribution in [-0.2, 0) is 16.2 Å². The van der Waals surface area contributed by atoms with Crippen LogP contribution in [0, 0.1) is 11.3 Å². The number of hydrogen-bond acceptors (Lipinski definition) is 6. The minimum atomic E-state index is -4.65. The first-order valence-corrected chi connectivity index (χ1v) is 12.2. The second-order valence-corrected chi connectivity index (χ2v) is 9.93. The van der Waals surface area contributed by atoms with E-state index in [1.807, 2.05) is 12.1 Å². The minimum Gasteiger partial charge on any atom is -0.420 e. The number of aromatic nitrogens is 1. The van der Waals surface area contributed by atoms with Gasteiger partial charge in [0.2, 0.25) is 27.5 Å². The summed E-state index contributed by atoms with van der Waals surface area (Å²) in [4.78, 5) is 5.41. The highest BCUT2D eigenvalue weighted by atomic mass is 35.5. The predicted octanol–water partition coefficient (Wildman–Crippen LogP) is 4.90. The fourth-order valence-corrected chi connectivity index (χ4v) is 5.24. The van der Waals surface area contributed by atoms with Gasteiger partial charge in [-0.15, -0.1) is 0 Å². The molecule has 1 aromatic heterocycles. The molecule has 0 saturated carbocycles. The van der Waals surface area contributed by atoms with Crippen molar-refractivity contribution in [3.05, 3.63) is 76.3 Å². The van der Waals surface area contributed by atoms with Gasteiger partial charge in [-0.25, -0.2) is 8.42 Å². The Hall–Kier alpha value is -3.33. The molecule has 35 heavy (non-hydrogen) atoms. The summed E-state index contributed by atoms with van der Waals surface area (Å²) in [5.74, 6) is 0.373. The van der Waals surface area contributed by atoms with Crippen LogP contribution >= 0.6 is 11.6 Å². The lowest BCUT2D eigenvalue weighted by Crippen LogP contribution is -2.48. The molecular formula is C23H18ClF3N4O3S. The standard InChI is InChI=1S/C23H18ClF3N4O3S/c24-19-7-2-1-4-16(19)8-9-21-29-20(15-28)22(34-21)30-10-12-31(13-11-30)35(32,33)18-6-3-5-17(14-18)23(25,26)27/h1-9,14H,10-13H2. The summed E-state index contributed by atoms with van der Waals surface area (Å²) in [7, 11) is -4.13. The summed E-state index contributed by atoms with van der Waals surface area (Å²) in [6.07, 6.45) is -1.39. The molecule has 0 spiro atoms. The molecule has 1 saturated heterocycles. The first kappa shape index (κ1) is 24.8. The molecular weight excluding hydrogens is 505 g/mol. The Morgan fingerprint density at radius 1 is 1.06 bits per heavy atom. The first-order chi connectivity index (χ1) is 16.6. The van der Waals surface area contributed by atoms with Gasteiger partial charge in [-0.3, -0.25) is 0 Å². The Morgan fingerprint density at radius 2 is 1.77 bits per heavy atom. The lowest BCUT2D eigenvalue weighted by molar-refractivity contribution is -0.137. The summed E-state index contributed by atoms with van der Waals surface area (Å²) in [5.41, 5.74) is -0.256. The molecule has 3 aromatic rings. The van der Waals surface area contributed by atoms with E-state index in [1.165, 1.54) is 0 Å². The zero-order chi connectivity index (χ0) is 25.2. The molecule has 0 bridgehead atoms. The van der Waals surface area contributed by atoms with Gasteiger partial charge in [0.25, 0.3) is 0 Å². The number of benzene rings is 2.